The molecule has 0 spiro atoms. The van der Waals surface area contributed by atoms with E-state index in [-0.39, 0.29) is 4.90 Å². The summed E-state index contributed by atoms with van der Waals surface area (Å²) in [4.78, 5) is 14.4. The molecule has 2 saturated heterocycles. The lowest BCUT2D eigenvalue weighted by Crippen LogP contribution is -2.46. The third-order valence-corrected chi connectivity index (χ3v) is 6.31. The minimum absolute atomic E-state index is 0.0108. The van der Waals surface area contributed by atoms with Gasteiger partial charge in [-0.2, -0.15) is 13.2 Å². The van der Waals surface area contributed by atoms with Gasteiger partial charge in [0.1, 0.15) is 10.6 Å². The Bertz CT molecular complexity index is 770. The van der Waals surface area contributed by atoms with Crippen molar-refractivity contribution in [3.05, 3.63) is 29.8 Å². The molecule has 2 aliphatic rings. The van der Waals surface area contributed by atoms with Crippen molar-refractivity contribution in [3.63, 3.8) is 0 Å². The maximum atomic E-state index is 12.2. The molecule has 1 aromatic carbocycles. The summed E-state index contributed by atoms with van der Waals surface area (Å²) >= 11 is 0. The second-order valence-electron chi connectivity index (χ2n) is 6.56. The van der Waals surface area contributed by atoms with Gasteiger partial charge in [0, 0.05) is 24.9 Å². The second kappa shape index (κ2) is 6.18. The molecule has 2 amide bonds. The summed E-state index contributed by atoms with van der Waals surface area (Å²) in [5.41, 5.74) is 1.48. The number of carbonyl (C=O) groups excluding carboxylic acids is 1. The first-order chi connectivity index (χ1) is 11.3. The zero-order valence-electron chi connectivity index (χ0n) is 13.8. The first kappa shape index (κ1) is 16.9. The van der Waals surface area contributed by atoms with Crippen molar-refractivity contribution < 1.29 is 23.2 Å². The third-order valence-electron chi connectivity index (χ3n) is 4.97. The van der Waals surface area contributed by atoms with Crippen molar-refractivity contribution in [2.45, 2.75) is 49.6 Å². The second-order valence-corrected chi connectivity index (χ2v) is 8.24. The van der Waals surface area contributed by atoms with Gasteiger partial charge in [0.15, 0.2) is 0 Å². The smallest absolute Gasteiger partial charge is 0.347 e. The molecule has 7 nitrogen and oxygen atoms in total. The van der Waals surface area contributed by atoms with Gasteiger partial charge in [0.2, 0.25) is 0 Å². The first-order valence-corrected chi connectivity index (χ1v) is 9.45. The standard InChI is InChI=1S/C16H21N3O4S/c1-11-3-7-15(8-4-11)24(22,23)17-16(20)19(21)14-9-12-5-6-13(10-14)18(12)2/h3-4,7-8,12-13H,5-6,9-10H2,1-2H3,(H-,17,20,21)/p+1/t12-,13+. The number of hydrogen-bond donors (Lipinski definition) is 2. The number of nitrogens with zero attached hydrogens (tertiary/aromatic N) is 2. The molecule has 2 heterocycles. The van der Waals surface area contributed by atoms with Gasteiger partial charge in [-0.15, -0.1) is 4.72 Å². The van der Waals surface area contributed by atoms with Crippen LogP contribution in [-0.2, 0) is 10.0 Å². The normalized spacial score (nSPS) is 26.2. The molecule has 0 saturated carbocycles. The van der Waals surface area contributed by atoms with Crippen LogP contribution in [0, 0.1) is 6.92 Å². The molecule has 2 fully saturated rings. The van der Waals surface area contributed by atoms with Gasteiger partial charge in [-0.3, -0.25) is 4.90 Å². The Kier molecular flexibility index (Phi) is 4.35. The van der Waals surface area contributed by atoms with E-state index < -0.39 is 16.1 Å². The van der Waals surface area contributed by atoms with Gasteiger partial charge in [-0.05, 0) is 43.7 Å². The SMILES string of the molecule is Cc1ccc(S(=O)(=O)NC(=O)[N+](O)=C2C[C@H]3CC[C@@H](C2)N3C)cc1. The number of benzene rings is 1. The van der Waals surface area contributed by atoms with E-state index in [1.165, 1.54) is 12.1 Å². The van der Waals surface area contributed by atoms with Crippen LogP contribution in [0.25, 0.3) is 0 Å². The molecular formula is C16H22N3O4S+. The highest BCUT2D eigenvalue weighted by atomic mass is 32.2. The van der Waals surface area contributed by atoms with E-state index in [1.54, 1.807) is 12.1 Å². The molecule has 2 atom stereocenters. The van der Waals surface area contributed by atoms with E-state index in [0.717, 1.165) is 18.4 Å². The van der Waals surface area contributed by atoms with E-state index in [0.29, 0.717) is 35.4 Å². The monoisotopic (exact) mass is 352 g/mol. The zero-order chi connectivity index (χ0) is 17.5. The maximum absolute atomic E-state index is 12.2. The van der Waals surface area contributed by atoms with Gasteiger partial charge >= 0.3 is 16.1 Å². The number of hydrogen-bond acceptors (Lipinski definition) is 5. The van der Waals surface area contributed by atoms with Crippen LogP contribution in [0.1, 0.15) is 31.2 Å². The van der Waals surface area contributed by atoms with Crippen LogP contribution in [0.5, 0.6) is 0 Å². The number of hydroxylamine groups is 1. The lowest BCUT2D eigenvalue weighted by atomic mass is 10.0. The fourth-order valence-electron chi connectivity index (χ4n) is 3.46. The van der Waals surface area contributed by atoms with Crippen molar-refractivity contribution >= 4 is 21.8 Å². The Morgan fingerprint density at radius 2 is 1.75 bits per heavy atom. The van der Waals surface area contributed by atoms with Crippen molar-refractivity contribution in [1.82, 2.24) is 9.62 Å². The Hall–Kier alpha value is -1.93. The number of carbonyl (C=O) groups is 1. The molecule has 0 aromatic heterocycles. The lowest BCUT2D eigenvalue weighted by Gasteiger charge is -2.30. The van der Waals surface area contributed by atoms with Gasteiger partial charge in [-0.1, -0.05) is 17.7 Å². The summed E-state index contributed by atoms with van der Waals surface area (Å²) in [5, 5.41) is 10.1. The largest absolute Gasteiger partial charge is 0.545 e. The lowest BCUT2D eigenvalue weighted by molar-refractivity contribution is -0.700. The average molecular weight is 352 g/mol. The van der Waals surface area contributed by atoms with E-state index in [9.17, 15) is 18.4 Å². The topological polar surface area (TPSA) is 89.7 Å². The average Bonchev–Trinajstić information content (AvgIpc) is 2.75. The van der Waals surface area contributed by atoms with Gasteiger partial charge in [0.25, 0.3) is 0 Å². The Morgan fingerprint density at radius 1 is 1.21 bits per heavy atom. The number of rotatable bonds is 2. The Labute approximate surface area is 141 Å². The van der Waals surface area contributed by atoms with Crippen LogP contribution in [0.2, 0.25) is 0 Å². The fourth-order valence-corrected chi connectivity index (χ4v) is 4.39. The highest BCUT2D eigenvalue weighted by molar-refractivity contribution is 7.90. The summed E-state index contributed by atoms with van der Waals surface area (Å²) in [6.45, 7) is 1.84. The quantitative estimate of drug-likeness (QED) is 0.364. The Morgan fingerprint density at radius 3 is 2.29 bits per heavy atom. The number of sulfonamides is 1. The third kappa shape index (κ3) is 3.16. The molecule has 2 N–H and O–H groups in total. The Balaban J connectivity index is 1.77. The highest BCUT2D eigenvalue weighted by Crippen LogP contribution is 2.32. The number of aryl methyl sites for hydroxylation is 1. The number of piperidine rings is 1. The van der Waals surface area contributed by atoms with Crippen LogP contribution in [0.4, 0.5) is 4.79 Å². The van der Waals surface area contributed by atoms with Crippen LogP contribution < -0.4 is 4.72 Å². The molecule has 0 radical (unpaired) electrons. The first-order valence-electron chi connectivity index (χ1n) is 7.97. The van der Waals surface area contributed by atoms with Crippen LogP contribution in [-0.4, -0.2) is 54.1 Å². The van der Waals surface area contributed by atoms with E-state index in [1.807, 2.05) is 18.7 Å². The summed E-state index contributed by atoms with van der Waals surface area (Å²) < 4.78 is 26.9. The number of amides is 2. The molecule has 2 aliphatic heterocycles. The number of fused-ring (bicyclic) bond motifs is 2. The van der Waals surface area contributed by atoms with Crippen molar-refractivity contribution in [1.29, 1.82) is 0 Å². The van der Waals surface area contributed by atoms with Gasteiger partial charge in [-0.25, -0.2) is 0 Å². The number of urea groups is 1. The highest BCUT2D eigenvalue weighted by Gasteiger charge is 2.41. The minimum Gasteiger partial charge on any atom is -0.347 e. The molecule has 0 aliphatic carbocycles. The predicted molar refractivity (Wildman–Crippen MR) is 87.8 cm³/mol. The van der Waals surface area contributed by atoms with Crippen molar-refractivity contribution in [2.24, 2.45) is 0 Å². The summed E-state index contributed by atoms with van der Waals surface area (Å²) in [5.74, 6) is 0. The summed E-state index contributed by atoms with van der Waals surface area (Å²) in [6, 6.07) is 5.73. The summed E-state index contributed by atoms with van der Waals surface area (Å²) in [6.07, 6.45) is 3.20. The van der Waals surface area contributed by atoms with E-state index >= 15 is 0 Å². The molecule has 0 unspecified atom stereocenters. The molecular weight excluding hydrogens is 330 g/mol. The van der Waals surface area contributed by atoms with Crippen molar-refractivity contribution in [2.75, 3.05) is 7.05 Å². The molecule has 2 bridgehead atoms. The molecule has 3 rings (SSSR count). The van der Waals surface area contributed by atoms with Crippen LogP contribution >= 0.6 is 0 Å². The van der Waals surface area contributed by atoms with Gasteiger partial charge < -0.3 is 5.21 Å². The summed E-state index contributed by atoms with van der Waals surface area (Å²) in [7, 11) is -1.96. The van der Waals surface area contributed by atoms with Crippen LogP contribution in [0.3, 0.4) is 0 Å². The van der Waals surface area contributed by atoms with Crippen LogP contribution in [0.15, 0.2) is 29.2 Å². The fraction of sp³-hybridized carbons (Fsp3) is 0.500. The molecule has 8 heteroatoms. The minimum atomic E-state index is -4.01. The van der Waals surface area contributed by atoms with Crippen molar-refractivity contribution in [3.8, 4) is 0 Å². The molecule has 24 heavy (non-hydrogen) atoms. The molecule has 1 aromatic rings. The van der Waals surface area contributed by atoms with Gasteiger partial charge in [0.05, 0.1) is 0 Å². The van der Waals surface area contributed by atoms with E-state index in [2.05, 4.69) is 4.90 Å². The number of nitrogens with one attached hydrogen (secondary N) is 1. The predicted octanol–water partition coefficient (Wildman–Crippen LogP) is 1.49. The molecule has 130 valence electrons. The van der Waals surface area contributed by atoms with E-state index in [4.69, 9.17) is 0 Å². The zero-order valence-corrected chi connectivity index (χ0v) is 14.6. The maximum Gasteiger partial charge on any atom is 0.545 e.